The van der Waals surface area contributed by atoms with Crippen molar-refractivity contribution in [3.05, 3.63) is 77.7 Å². The van der Waals surface area contributed by atoms with Crippen molar-refractivity contribution >= 4 is 23.2 Å². The minimum Gasteiger partial charge on any atom is -0.369 e. The van der Waals surface area contributed by atoms with Gasteiger partial charge in [-0.1, -0.05) is 30.3 Å². The number of carbonyl (C=O) groups is 1. The van der Waals surface area contributed by atoms with Gasteiger partial charge in [0.25, 0.3) is 0 Å². The Balaban J connectivity index is 1.31. The lowest BCUT2D eigenvalue weighted by Gasteiger charge is -2.34. The van der Waals surface area contributed by atoms with Gasteiger partial charge in [-0.2, -0.15) is 0 Å². The molecule has 1 aromatic heterocycles. The molecule has 0 spiro atoms. The van der Waals surface area contributed by atoms with Crippen molar-refractivity contribution in [3.63, 3.8) is 0 Å². The Morgan fingerprint density at radius 3 is 2.31 bits per heavy atom. The van der Waals surface area contributed by atoms with Crippen LogP contribution in [0.3, 0.4) is 0 Å². The van der Waals surface area contributed by atoms with Gasteiger partial charge in [-0.3, -0.25) is 9.80 Å². The first-order chi connectivity index (χ1) is 15.6. The van der Waals surface area contributed by atoms with E-state index < -0.39 is 0 Å². The van der Waals surface area contributed by atoms with Gasteiger partial charge < -0.3 is 9.80 Å². The zero-order valence-corrected chi connectivity index (χ0v) is 18.6. The fraction of sp³-hybridized carbons (Fsp3) is 0.320. The van der Waals surface area contributed by atoms with E-state index in [1.54, 1.807) is 16.8 Å². The normalized spacial score (nSPS) is 16.9. The van der Waals surface area contributed by atoms with Gasteiger partial charge in [-0.15, -0.1) is 0 Å². The van der Waals surface area contributed by atoms with Gasteiger partial charge >= 0.3 is 6.03 Å². The lowest BCUT2D eigenvalue weighted by molar-refractivity contribution is 0.251. The van der Waals surface area contributed by atoms with E-state index in [-0.39, 0.29) is 6.03 Å². The Bertz CT molecular complexity index is 1090. The van der Waals surface area contributed by atoms with E-state index in [4.69, 9.17) is 4.98 Å². The second kappa shape index (κ2) is 8.59. The van der Waals surface area contributed by atoms with Crippen molar-refractivity contribution in [2.24, 2.45) is 0 Å². The molecule has 3 aromatic rings. The molecule has 0 atom stereocenters. The van der Waals surface area contributed by atoms with Crippen LogP contribution in [0.4, 0.5) is 22.0 Å². The van der Waals surface area contributed by atoms with E-state index in [1.165, 1.54) is 11.3 Å². The summed E-state index contributed by atoms with van der Waals surface area (Å²) in [7, 11) is 3.95. The molecular formula is C25H28N6O. The van der Waals surface area contributed by atoms with Crippen molar-refractivity contribution in [1.29, 1.82) is 0 Å². The molecule has 2 aliphatic rings. The summed E-state index contributed by atoms with van der Waals surface area (Å²) in [6.45, 7) is 4.79. The van der Waals surface area contributed by atoms with Crippen LogP contribution in [0.5, 0.6) is 0 Å². The number of para-hydroxylation sites is 1. The summed E-state index contributed by atoms with van der Waals surface area (Å²) in [6, 6.07) is 18.3. The predicted molar refractivity (Wildman–Crippen MR) is 127 cm³/mol. The first-order valence-corrected chi connectivity index (χ1v) is 11.1. The molecule has 1 fully saturated rings. The van der Waals surface area contributed by atoms with Crippen molar-refractivity contribution in [2.45, 2.75) is 13.0 Å². The van der Waals surface area contributed by atoms with Gasteiger partial charge in [0.05, 0.1) is 6.54 Å². The van der Waals surface area contributed by atoms with E-state index in [0.29, 0.717) is 18.8 Å². The summed E-state index contributed by atoms with van der Waals surface area (Å²) in [5, 5.41) is 0. The second-order valence-corrected chi connectivity index (χ2v) is 8.53. The highest BCUT2D eigenvalue weighted by Crippen LogP contribution is 2.29. The van der Waals surface area contributed by atoms with Crippen molar-refractivity contribution < 1.29 is 4.79 Å². The van der Waals surface area contributed by atoms with E-state index in [9.17, 15) is 4.79 Å². The number of amides is 2. The minimum absolute atomic E-state index is 0.0788. The van der Waals surface area contributed by atoms with Crippen LogP contribution in [0.15, 0.2) is 60.8 Å². The summed E-state index contributed by atoms with van der Waals surface area (Å²) >= 11 is 0. The standard InChI is InChI=1S/C25H28N6O/c1-28-12-14-30(15-13-28)21-10-8-19(9-11-21)16-23-26-17-20-18-31(22-6-4-3-5-7-22)25(32)29(2)24(20)27-23/h3-11,17H,12-16,18H2,1-2H3. The largest absolute Gasteiger partial charge is 0.369 e. The molecule has 0 saturated carbocycles. The van der Waals surface area contributed by atoms with Gasteiger partial charge in [0.1, 0.15) is 11.6 Å². The fourth-order valence-corrected chi connectivity index (χ4v) is 4.31. The number of aromatic nitrogens is 2. The molecule has 0 bridgehead atoms. The second-order valence-electron chi connectivity index (χ2n) is 8.53. The van der Waals surface area contributed by atoms with Gasteiger partial charge in [0, 0.05) is 62.8 Å². The third-order valence-electron chi connectivity index (χ3n) is 6.29. The molecule has 32 heavy (non-hydrogen) atoms. The van der Waals surface area contributed by atoms with E-state index in [1.807, 2.05) is 36.5 Å². The van der Waals surface area contributed by atoms with Crippen molar-refractivity contribution in [3.8, 4) is 0 Å². The number of carbonyl (C=O) groups excluding carboxylic acids is 1. The number of anilines is 3. The number of rotatable bonds is 4. The molecule has 5 rings (SSSR count). The number of hydrogen-bond acceptors (Lipinski definition) is 5. The number of urea groups is 1. The molecule has 0 aliphatic carbocycles. The number of hydrogen-bond donors (Lipinski definition) is 0. The van der Waals surface area contributed by atoms with Crippen LogP contribution >= 0.6 is 0 Å². The minimum atomic E-state index is -0.0788. The van der Waals surface area contributed by atoms with Gasteiger partial charge in [-0.25, -0.2) is 14.8 Å². The van der Waals surface area contributed by atoms with Crippen LogP contribution in [0.2, 0.25) is 0 Å². The van der Waals surface area contributed by atoms with Crippen molar-refractivity contribution in [1.82, 2.24) is 14.9 Å². The molecule has 1 saturated heterocycles. The zero-order valence-electron chi connectivity index (χ0n) is 18.6. The molecule has 164 valence electrons. The average molecular weight is 429 g/mol. The Labute approximate surface area is 188 Å². The fourth-order valence-electron chi connectivity index (χ4n) is 4.31. The molecule has 3 heterocycles. The number of piperazine rings is 1. The highest BCUT2D eigenvalue weighted by molar-refractivity contribution is 6.04. The third-order valence-corrected chi connectivity index (χ3v) is 6.29. The summed E-state index contributed by atoms with van der Waals surface area (Å²) in [6.07, 6.45) is 2.50. The predicted octanol–water partition coefficient (Wildman–Crippen LogP) is 3.40. The Morgan fingerprint density at radius 2 is 1.59 bits per heavy atom. The molecule has 7 heteroatoms. The third kappa shape index (κ3) is 4.03. The van der Waals surface area contributed by atoms with Gasteiger partial charge in [0.2, 0.25) is 0 Å². The molecule has 7 nitrogen and oxygen atoms in total. The number of fused-ring (bicyclic) bond motifs is 1. The Morgan fingerprint density at radius 1 is 0.875 bits per heavy atom. The smallest absolute Gasteiger partial charge is 0.330 e. The molecule has 2 aliphatic heterocycles. The summed E-state index contributed by atoms with van der Waals surface area (Å²) < 4.78 is 0. The molecule has 2 amide bonds. The maximum atomic E-state index is 12.9. The Kier molecular flexibility index (Phi) is 5.49. The maximum Gasteiger partial charge on any atom is 0.330 e. The quantitative estimate of drug-likeness (QED) is 0.638. The van der Waals surface area contributed by atoms with Crippen LogP contribution in [0.25, 0.3) is 0 Å². The van der Waals surface area contributed by atoms with E-state index >= 15 is 0 Å². The summed E-state index contributed by atoms with van der Waals surface area (Å²) in [5.74, 6) is 1.42. The first kappa shape index (κ1) is 20.5. The van der Waals surface area contributed by atoms with Crippen LogP contribution in [-0.2, 0) is 13.0 Å². The lowest BCUT2D eigenvalue weighted by atomic mass is 10.1. The van der Waals surface area contributed by atoms with Gasteiger partial charge in [-0.05, 0) is 36.9 Å². The van der Waals surface area contributed by atoms with Crippen LogP contribution in [0.1, 0.15) is 17.0 Å². The first-order valence-electron chi connectivity index (χ1n) is 11.1. The number of benzene rings is 2. The van der Waals surface area contributed by atoms with Crippen LogP contribution < -0.4 is 14.7 Å². The topological polar surface area (TPSA) is 55.8 Å². The summed E-state index contributed by atoms with van der Waals surface area (Å²) in [4.78, 5) is 30.5. The average Bonchev–Trinajstić information content (AvgIpc) is 2.83. The number of likely N-dealkylation sites (N-methyl/N-ethyl adjacent to an activating group) is 1. The summed E-state index contributed by atoms with van der Waals surface area (Å²) in [5.41, 5.74) is 4.25. The molecule has 0 unspecified atom stereocenters. The Hall–Kier alpha value is -3.45. The van der Waals surface area contributed by atoms with Crippen molar-refractivity contribution in [2.75, 3.05) is 55.0 Å². The maximum absolute atomic E-state index is 12.9. The molecule has 0 N–H and O–H groups in total. The van der Waals surface area contributed by atoms with E-state index in [2.05, 4.69) is 46.1 Å². The van der Waals surface area contributed by atoms with Gasteiger partial charge in [0.15, 0.2) is 0 Å². The zero-order chi connectivity index (χ0) is 22.1. The lowest BCUT2D eigenvalue weighted by Crippen LogP contribution is -2.46. The van der Waals surface area contributed by atoms with E-state index in [0.717, 1.165) is 43.3 Å². The molecular weight excluding hydrogens is 400 g/mol. The van der Waals surface area contributed by atoms with Crippen LogP contribution in [0, 0.1) is 0 Å². The molecule has 0 radical (unpaired) electrons. The number of nitrogens with zero attached hydrogens (tertiary/aromatic N) is 6. The highest BCUT2D eigenvalue weighted by Gasteiger charge is 2.30. The monoisotopic (exact) mass is 428 g/mol. The highest BCUT2D eigenvalue weighted by atomic mass is 16.2. The van der Waals surface area contributed by atoms with Crippen LogP contribution in [-0.4, -0.2) is 61.2 Å². The SMILES string of the molecule is CN1CCN(c2ccc(Cc3ncc4c(n3)N(C)C(=O)N(c3ccccc3)C4)cc2)CC1. The molecule has 2 aromatic carbocycles.